The Bertz CT molecular complexity index is 389. The normalized spacial score (nSPS) is 14.6. The van der Waals surface area contributed by atoms with Crippen LogP contribution in [0.5, 0.6) is 5.75 Å². The molecule has 5 heteroatoms. The summed E-state index contributed by atoms with van der Waals surface area (Å²) in [5.41, 5.74) is -0.991. The monoisotopic (exact) mass is 258 g/mol. The van der Waals surface area contributed by atoms with Gasteiger partial charge in [0.05, 0.1) is 7.11 Å². The molecule has 0 saturated heterocycles. The van der Waals surface area contributed by atoms with Gasteiger partial charge in [0, 0.05) is 20.6 Å². The first kappa shape index (κ1) is 14.9. The van der Waals surface area contributed by atoms with Crippen molar-refractivity contribution in [2.75, 3.05) is 21.3 Å². The van der Waals surface area contributed by atoms with Crippen molar-refractivity contribution in [1.82, 2.24) is 0 Å². The van der Waals surface area contributed by atoms with Crippen LogP contribution in [0.4, 0.5) is 4.39 Å². The first-order chi connectivity index (χ1) is 8.46. The van der Waals surface area contributed by atoms with Gasteiger partial charge in [-0.05, 0) is 18.6 Å². The molecule has 0 spiro atoms. The average molecular weight is 258 g/mol. The molecule has 0 heterocycles. The van der Waals surface area contributed by atoms with E-state index in [1.807, 2.05) is 0 Å². The van der Waals surface area contributed by atoms with Crippen molar-refractivity contribution in [3.8, 4) is 5.75 Å². The van der Waals surface area contributed by atoms with Gasteiger partial charge < -0.3 is 19.3 Å². The van der Waals surface area contributed by atoms with Gasteiger partial charge >= 0.3 is 0 Å². The van der Waals surface area contributed by atoms with Crippen molar-refractivity contribution in [1.29, 1.82) is 0 Å². The van der Waals surface area contributed by atoms with Crippen LogP contribution in [0.25, 0.3) is 0 Å². The number of benzene rings is 1. The highest BCUT2D eigenvalue weighted by Gasteiger charge is 2.33. The molecule has 1 rings (SSSR count). The molecule has 1 aromatic rings. The Labute approximate surface area is 106 Å². The molecule has 0 aliphatic heterocycles. The summed E-state index contributed by atoms with van der Waals surface area (Å²) in [4.78, 5) is 0. The molecule has 0 saturated carbocycles. The van der Waals surface area contributed by atoms with Gasteiger partial charge in [0.25, 0.3) is 0 Å². The van der Waals surface area contributed by atoms with Gasteiger partial charge in [-0.25, -0.2) is 4.39 Å². The highest BCUT2D eigenvalue weighted by atomic mass is 19.1. The van der Waals surface area contributed by atoms with E-state index in [4.69, 9.17) is 14.2 Å². The summed E-state index contributed by atoms with van der Waals surface area (Å²) in [7, 11) is 4.24. The van der Waals surface area contributed by atoms with Gasteiger partial charge in [0.1, 0.15) is 5.60 Å². The van der Waals surface area contributed by atoms with Crippen molar-refractivity contribution >= 4 is 0 Å². The van der Waals surface area contributed by atoms with Crippen molar-refractivity contribution < 1.29 is 23.7 Å². The highest BCUT2D eigenvalue weighted by molar-refractivity contribution is 5.32. The predicted octanol–water partition coefficient (Wildman–Crippen LogP) is 1.75. The van der Waals surface area contributed by atoms with Gasteiger partial charge in [-0.3, -0.25) is 0 Å². The highest BCUT2D eigenvalue weighted by Crippen LogP contribution is 2.26. The fourth-order valence-electron chi connectivity index (χ4n) is 1.92. The van der Waals surface area contributed by atoms with Crippen LogP contribution in [-0.4, -0.2) is 38.3 Å². The molecule has 1 N–H and O–H groups in total. The van der Waals surface area contributed by atoms with Crippen molar-refractivity contribution in [2.45, 2.75) is 25.2 Å². The van der Waals surface area contributed by atoms with Gasteiger partial charge in [0.15, 0.2) is 17.9 Å². The summed E-state index contributed by atoms with van der Waals surface area (Å²) in [5.74, 6) is -0.332. The second-order valence-corrected chi connectivity index (χ2v) is 4.27. The molecule has 1 atom stereocenters. The Morgan fingerprint density at radius 2 is 1.89 bits per heavy atom. The number of methoxy groups -OCH3 is 3. The lowest BCUT2D eigenvalue weighted by atomic mass is 9.95. The minimum atomic E-state index is -1.34. The predicted molar refractivity (Wildman–Crippen MR) is 65.1 cm³/mol. The van der Waals surface area contributed by atoms with E-state index >= 15 is 0 Å². The standard InChI is InChI=1S/C13H19FO4/c1-13(15,12(17-3)18-4)8-9-6-5-7-10(16-2)11(9)14/h5-7,12,15H,8H2,1-4H3. The van der Waals surface area contributed by atoms with Crippen molar-refractivity contribution in [3.63, 3.8) is 0 Å². The second kappa shape index (κ2) is 6.13. The fraction of sp³-hybridized carbons (Fsp3) is 0.538. The third kappa shape index (κ3) is 3.19. The van der Waals surface area contributed by atoms with E-state index in [0.717, 1.165) is 0 Å². The molecule has 0 aromatic heterocycles. The Kier molecular flexibility index (Phi) is 5.07. The molecule has 0 bridgehead atoms. The van der Waals surface area contributed by atoms with Crippen LogP contribution >= 0.6 is 0 Å². The van der Waals surface area contributed by atoms with Crippen LogP contribution < -0.4 is 4.74 Å². The molecule has 102 valence electrons. The SMILES string of the molecule is COc1cccc(CC(C)(O)C(OC)OC)c1F. The van der Waals surface area contributed by atoms with Crippen LogP contribution in [0, 0.1) is 5.82 Å². The van der Waals surface area contributed by atoms with Crippen LogP contribution in [0.1, 0.15) is 12.5 Å². The lowest BCUT2D eigenvalue weighted by Gasteiger charge is -2.30. The van der Waals surface area contributed by atoms with Crippen molar-refractivity contribution in [3.05, 3.63) is 29.6 Å². The summed E-state index contributed by atoms with van der Waals surface area (Å²) in [6.07, 6.45) is -0.773. The molecular formula is C13H19FO4. The summed E-state index contributed by atoms with van der Waals surface area (Å²) in [5, 5.41) is 10.3. The number of aliphatic hydroxyl groups is 1. The zero-order valence-corrected chi connectivity index (χ0v) is 11.1. The third-order valence-corrected chi connectivity index (χ3v) is 2.75. The molecule has 0 aliphatic rings. The molecule has 0 fully saturated rings. The van der Waals surface area contributed by atoms with Crippen LogP contribution in [0.15, 0.2) is 18.2 Å². The van der Waals surface area contributed by atoms with E-state index < -0.39 is 17.7 Å². The third-order valence-electron chi connectivity index (χ3n) is 2.75. The first-order valence-corrected chi connectivity index (χ1v) is 5.55. The van der Waals surface area contributed by atoms with E-state index in [2.05, 4.69) is 0 Å². The van der Waals surface area contributed by atoms with E-state index in [9.17, 15) is 9.50 Å². The molecule has 0 amide bonds. The Hall–Kier alpha value is -1.17. The number of hydrogen-bond acceptors (Lipinski definition) is 4. The van der Waals surface area contributed by atoms with Gasteiger partial charge in [0.2, 0.25) is 0 Å². The molecule has 4 nitrogen and oxygen atoms in total. The van der Waals surface area contributed by atoms with Crippen LogP contribution in [-0.2, 0) is 15.9 Å². The zero-order chi connectivity index (χ0) is 13.8. The number of halogens is 1. The second-order valence-electron chi connectivity index (χ2n) is 4.27. The molecule has 0 aliphatic carbocycles. The molecule has 0 radical (unpaired) electrons. The topological polar surface area (TPSA) is 47.9 Å². The summed E-state index contributed by atoms with van der Waals surface area (Å²) in [6, 6.07) is 4.79. The maximum Gasteiger partial charge on any atom is 0.185 e. The van der Waals surface area contributed by atoms with E-state index in [1.54, 1.807) is 12.1 Å². The fourth-order valence-corrected chi connectivity index (χ4v) is 1.92. The number of rotatable bonds is 6. The minimum Gasteiger partial charge on any atom is -0.494 e. The Morgan fingerprint density at radius 3 is 2.39 bits per heavy atom. The van der Waals surface area contributed by atoms with Crippen LogP contribution in [0.2, 0.25) is 0 Å². The lowest BCUT2D eigenvalue weighted by molar-refractivity contribution is -0.207. The summed E-state index contributed by atoms with van der Waals surface area (Å²) >= 11 is 0. The van der Waals surface area contributed by atoms with E-state index in [-0.39, 0.29) is 12.2 Å². The van der Waals surface area contributed by atoms with Gasteiger partial charge in [-0.15, -0.1) is 0 Å². The molecule has 18 heavy (non-hydrogen) atoms. The van der Waals surface area contributed by atoms with Crippen LogP contribution in [0.3, 0.4) is 0 Å². The first-order valence-electron chi connectivity index (χ1n) is 5.55. The zero-order valence-electron chi connectivity index (χ0n) is 11.1. The minimum absolute atomic E-state index is 0.0579. The summed E-state index contributed by atoms with van der Waals surface area (Å²) in [6.45, 7) is 1.53. The molecule has 1 unspecified atom stereocenters. The lowest BCUT2D eigenvalue weighted by Crippen LogP contribution is -2.44. The van der Waals surface area contributed by atoms with Gasteiger partial charge in [-0.1, -0.05) is 12.1 Å². The average Bonchev–Trinajstić information content (AvgIpc) is 2.32. The number of ether oxygens (including phenoxy) is 3. The van der Waals surface area contributed by atoms with E-state index in [0.29, 0.717) is 5.56 Å². The maximum absolute atomic E-state index is 14.0. The van der Waals surface area contributed by atoms with E-state index in [1.165, 1.54) is 34.3 Å². The molecule has 1 aromatic carbocycles. The van der Waals surface area contributed by atoms with Gasteiger partial charge in [-0.2, -0.15) is 0 Å². The number of hydrogen-bond donors (Lipinski definition) is 1. The van der Waals surface area contributed by atoms with Crippen molar-refractivity contribution in [2.24, 2.45) is 0 Å². The Morgan fingerprint density at radius 1 is 1.28 bits per heavy atom. The maximum atomic E-state index is 14.0. The summed E-state index contributed by atoms with van der Waals surface area (Å²) < 4.78 is 28.9. The molecular weight excluding hydrogens is 239 g/mol. The Balaban J connectivity index is 2.96. The smallest absolute Gasteiger partial charge is 0.185 e. The largest absolute Gasteiger partial charge is 0.494 e. The quantitative estimate of drug-likeness (QED) is 0.790.